The molecule has 0 bridgehead atoms. The average Bonchev–Trinajstić information content (AvgIpc) is 3.14. The quantitative estimate of drug-likeness (QED) is 0.652. The second-order valence-corrected chi connectivity index (χ2v) is 8.51. The minimum absolute atomic E-state index is 0.0858. The van der Waals surface area contributed by atoms with Crippen LogP contribution in [0.4, 0.5) is 14.6 Å². The predicted octanol–water partition coefficient (Wildman–Crippen LogP) is 3.20. The number of fused-ring (bicyclic) bond motifs is 2. The fraction of sp³-hybridized carbons (Fsp3) is 0.391. The topological polar surface area (TPSA) is 105 Å². The number of carbonyl (C=O) groups excluding carboxylic acids is 1. The fourth-order valence-electron chi connectivity index (χ4n) is 4.71. The Hall–Kier alpha value is -3.36. The number of halogens is 2. The van der Waals surface area contributed by atoms with Crippen molar-refractivity contribution in [1.29, 1.82) is 0 Å². The summed E-state index contributed by atoms with van der Waals surface area (Å²) in [6, 6.07) is 5.03. The van der Waals surface area contributed by atoms with Crippen molar-refractivity contribution in [3.8, 4) is 11.3 Å². The summed E-state index contributed by atoms with van der Waals surface area (Å²) in [5.41, 5.74) is 8.67. The van der Waals surface area contributed by atoms with Gasteiger partial charge in [0.1, 0.15) is 11.5 Å². The van der Waals surface area contributed by atoms with Crippen LogP contribution in [0.3, 0.4) is 0 Å². The number of aryl methyl sites for hydroxylation is 2. The highest BCUT2D eigenvalue weighted by Gasteiger charge is 2.33. The molecule has 3 N–H and O–H groups in total. The first-order valence-corrected chi connectivity index (χ1v) is 10.8. The minimum atomic E-state index is -2.68. The van der Waals surface area contributed by atoms with Gasteiger partial charge in [0, 0.05) is 49.5 Å². The number of aromatic amines is 1. The second-order valence-electron chi connectivity index (χ2n) is 8.51. The number of aromatic nitrogens is 3. The Bertz CT molecular complexity index is 1290. The molecule has 9 heteroatoms. The molecule has 1 aliphatic carbocycles. The number of hydrogen-bond donors (Lipinski definition) is 2. The van der Waals surface area contributed by atoms with Gasteiger partial charge in [0.2, 0.25) is 5.92 Å². The van der Waals surface area contributed by atoms with Gasteiger partial charge in [-0.25, -0.2) is 13.8 Å². The van der Waals surface area contributed by atoms with Gasteiger partial charge in [-0.05, 0) is 43.4 Å². The number of anilines is 1. The van der Waals surface area contributed by atoms with Crippen molar-refractivity contribution in [2.24, 2.45) is 5.73 Å². The molecule has 2 aliphatic rings. The van der Waals surface area contributed by atoms with Crippen molar-refractivity contribution < 1.29 is 13.6 Å². The maximum Gasteiger partial charge on any atom is 0.268 e. The highest BCUT2D eigenvalue weighted by molar-refractivity contribution is 6.03. The Morgan fingerprint density at radius 2 is 2.00 bits per heavy atom. The van der Waals surface area contributed by atoms with Crippen LogP contribution in [0.15, 0.2) is 29.2 Å². The number of pyridine rings is 3. The summed E-state index contributed by atoms with van der Waals surface area (Å²) in [5, 5.41) is 0.133. The molecule has 0 saturated carbocycles. The molecule has 3 aromatic rings. The highest BCUT2D eigenvalue weighted by atomic mass is 19.3. The lowest BCUT2D eigenvalue weighted by Gasteiger charge is -2.25. The standard InChI is InChI=1S/C23H23F2N5O2/c24-23(25)6-2-9-30(10-7-23)22-14(11-13-3-1-4-15(13)29-22)17-12-18(31)19-16(28-17)5-8-27-20(19)21(26)32/h5,8,11-12H,1-4,6-7,9-10H2,(H2,26,32)(H,28,31). The van der Waals surface area contributed by atoms with E-state index in [0.717, 1.165) is 30.5 Å². The molecule has 0 radical (unpaired) electrons. The first kappa shape index (κ1) is 20.5. The lowest BCUT2D eigenvalue weighted by molar-refractivity contribution is -0.0102. The van der Waals surface area contributed by atoms with E-state index in [1.165, 1.54) is 12.3 Å². The van der Waals surface area contributed by atoms with Crippen molar-refractivity contribution in [3.05, 3.63) is 51.6 Å². The van der Waals surface area contributed by atoms with E-state index in [0.29, 0.717) is 35.6 Å². The Labute approximate surface area is 182 Å². The van der Waals surface area contributed by atoms with E-state index < -0.39 is 11.8 Å². The zero-order chi connectivity index (χ0) is 22.5. The van der Waals surface area contributed by atoms with Gasteiger partial charge in [-0.2, -0.15) is 0 Å². The molecule has 0 aromatic carbocycles. The molecular weight excluding hydrogens is 416 g/mol. The van der Waals surface area contributed by atoms with E-state index in [2.05, 4.69) is 9.97 Å². The molecule has 3 aromatic heterocycles. The first-order chi connectivity index (χ1) is 15.3. The van der Waals surface area contributed by atoms with E-state index in [4.69, 9.17) is 10.7 Å². The van der Waals surface area contributed by atoms with Crippen LogP contribution >= 0.6 is 0 Å². The number of alkyl halides is 2. The van der Waals surface area contributed by atoms with Crippen LogP contribution in [0.2, 0.25) is 0 Å². The van der Waals surface area contributed by atoms with E-state index in [1.807, 2.05) is 11.0 Å². The van der Waals surface area contributed by atoms with Gasteiger partial charge in [-0.1, -0.05) is 0 Å². The van der Waals surface area contributed by atoms with Gasteiger partial charge in [0.25, 0.3) is 5.91 Å². The number of amides is 1. The maximum absolute atomic E-state index is 14.0. The molecule has 166 valence electrons. The molecule has 0 spiro atoms. The smallest absolute Gasteiger partial charge is 0.268 e. The van der Waals surface area contributed by atoms with Crippen LogP contribution in [-0.2, 0) is 12.8 Å². The number of hydrogen-bond acceptors (Lipinski definition) is 5. The third-order valence-electron chi connectivity index (χ3n) is 6.31. The number of rotatable bonds is 3. The van der Waals surface area contributed by atoms with E-state index in [-0.39, 0.29) is 35.9 Å². The van der Waals surface area contributed by atoms with Crippen LogP contribution in [0.1, 0.15) is 47.4 Å². The maximum atomic E-state index is 14.0. The van der Waals surface area contributed by atoms with Gasteiger partial charge >= 0.3 is 0 Å². The number of H-pyrrole nitrogens is 1. The lowest BCUT2D eigenvalue weighted by atomic mass is 10.0. The zero-order valence-corrected chi connectivity index (χ0v) is 17.5. The van der Waals surface area contributed by atoms with Gasteiger partial charge in [0.15, 0.2) is 5.43 Å². The highest BCUT2D eigenvalue weighted by Crippen LogP contribution is 2.36. The number of primary amides is 1. The Morgan fingerprint density at radius 3 is 2.81 bits per heavy atom. The first-order valence-electron chi connectivity index (χ1n) is 10.8. The number of nitrogens with zero attached hydrogens (tertiary/aromatic N) is 3. The van der Waals surface area contributed by atoms with Crippen LogP contribution in [0.25, 0.3) is 22.2 Å². The van der Waals surface area contributed by atoms with E-state index in [1.54, 1.807) is 6.07 Å². The molecule has 32 heavy (non-hydrogen) atoms. The van der Waals surface area contributed by atoms with Crippen molar-refractivity contribution >= 4 is 22.6 Å². The summed E-state index contributed by atoms with van der Waals surface area (Å²) in [5.74, 6) is -2.84. The molecule has 1 fully saturated rings. The van der Waals surface area contributed by atoms with Crippen molar-refractivity contribution in [2.75, 3.05) is 18.0 Å². The molecule has 5 rings (SSSR count). The van der Waals surface area contributed by atoms with Crippen molar-refractivity contribution in [1.82, 2.24) is 15.0 Å². The molecule has 1 saturated heterocycles. The van der Waals surface area contributed by atoms with Crippen LogP contribution in [-0.4, -0.2) is 39.9 Å². The molecule has 1 amide bonds. The average molecular weight is 439 g/mol. The molecular formula is C23H23F2N5O2. The third-order valence-corrected chi connectivity index (χ3v) is 6.31. The summed E-state index contributed by atoms with van der Waals surface area (Å²) in [4.78, 5) is 38.6. The van der Waals surface area contributed by atoms with E-state index >= 15 is 0 Å². The van der Waals surface area contributed by atoms with E-state index in [9.17, 15) is 18.4 Å². The summed E-state index contributed by atoms with van der Waals surface area (Å²) in [6.45, 7) is 0.668. The van der Waals surface area contributed by atoms with Crippen LogP contribution in [0.5, 0.6) is 0 Å². The monoisotopic (exact) mass is 439 g/mol. The Balaban J connectivity index is 1.67. The molecule has 0 atom stereocenters. The summed E-state index contributed by atoms with van der Waals surface area (Å²) < 4.78 is 28.0. The van der Waals surface area contributed by atoms with Crippen LogP contribution < -0.4 is 16.1 Å². The zero-order valence-electron chi connectivity index (χ0n) is 17.5. The number of nitrogens with two attached hydrogens (primary N) is 1. The van der Waals surface area contributed by atoms with Gasteiger partial charge in [-0.15, -0.1) is 0 Å². The number of carbonyl (C=O) groups is 1. The lowest BCUT2D eigenvalue weighted by Crippen LogP contribution is -2.27. The molecule has 7 nitrogen and oxygen atoms in total. The second kappa shape index (κ2) is 7.65. The Kier molecular flexibility index (Phi) is 4.91. The molecule has 1 aliphatic heterocycles. The van der Waals surface area contributed by atoms with Gasteiger partial charge < -0.3 is 15.6 Å². The molecule has 0 unspecified atom stereocenters. The minimum Gasteiger partial charge on any atom is -0.364 e. The summed E-state index contributed by atoms with van der Waals surface area (Å²) in [6.07, 6.45) is 4.15. The molecule has 4 heterocycles. The largest absolute Gasteiger partial charge is 0.364 e. The normalized spacial score (nSPS) is 17.9. The Morgan fingerprint density at radius 1 is 1.16 bits per heavy atom. The van der Waals surface area contributed by atoms with Gasteiger partial charge in [-0.3, -0.25) is 14.6 Å². The third kappa shape index (κ3) is 3.61. The number of nitrogens with one attached hydrogen (secondary N) is 1. The van der Waals surface area contributed by atoms with Crippen molar-refractivity contribution in [3.63, 3.8) is 0 Å². The SMILES string of the molecule is NC(=O)c1nccc2[nH]c(-c3cc4c(nc3N3CCCC(F)(F)CC3)CCC4)cc(=O)c12. The van der Waals surface area contributed by atoms with Gasteiger partial charge in [0.05, 0.1) is 16.6 Å². The summed E-state index contributed by atoms with van der Waals surface area (Å²) >= 11 is 0. The summed E-state index contributed by atoms with van der Waals surface area (Å²) in [7, 11) is 0. The predicted molar refractivity (Wildman–Crippen MR) is 117 cm³/mol. The van der Waals surface area contributed by atoms with Crippen LogP contribution in [0, 0.1) is 0 Å². The fourth-order valence-corrected chi connectivity index (χ4v) is 4.71. The van der Waals surface area contributed by atoms with Crippen molar-refractivity contribution in [2.45, 2.75) is 44.4 Å².